The Morgan fingerprint density at radius 1 is 1.19 bits per heavy atom. The van der Waals surface area contributed by atoms with E-state index in [1.54, 1.807) is 23.2 Å². The molecule has 0 radical (unpaired) electrons. The molecule has 8 nitrogen and oxygen atoms in total. The van der Waals surface area contributed by atoms with Crippen molar-refractivity contribution in [2.45, 2.75) is 18.6 Å². The zero-order valence-electron chi connectivity index (χ0n) is 17.8. The highest BCUT2D eigenvalue weighted by Crippen LogP contribution is 2.18. The monoisotopic (exact) mass is 455 g/mol. The molecule has 168 valence electrons. The van der Waals surface area contributed by atoms with Gasteiger partial charge in [-0.1, -0.05) is 41.9 Å². The molecule has 32 heavy (non-hydrogen) atoms. The van der Waals surface area contributed by atoms with Crippen molar-refractivity contribution in [1.29, 1.82) is 0 Å². The number of likely N-dealkylation sites (N-methyl/N-ethyl adjacent to an activating group) is 1. The Balaban J connectivity index is 1.53. The van der Waals surface area contributed by atoms with Gasteiger partial charge in [0.05, 0.1) is 17.8 Å². The van der Waals surface area contributed by atoms with Gasteiger partial charge in [-0.3, -0.25) is 9.59 Å². The third kappa shape index (κ3) is 5.09. The average molecular weight is 456 g/mol. The number of carbonyl (C=O) groups excluding carboxylic acids is 2. The highest BCUT2D eigenvalue weighted by Gasteiger charge is 2.33. The third-order valence-corrected chi connectivity index (χ3v) is 5.99. The average Bonchev–Trinajstić information content (AvgIpc) is 3.22. The van der Waals surface area contributed by atoms with Gasteiger partial charge in [-0.15, -0.1) is 0 Å². The molecule has 3 heterocycles. The van der Waals surface area contributed by atoms with Gasteiger partial charge in [0.15, 0.2) is 6.10 Å². The number of H-pyrrole nitrogens is 1. The summed E-state index contributed by atoms with van der Waals surface area (Å²) in [6.45, 7) is 2.60. The fraction of sp³-hybridized carbons (Fsp3) is 0.348. The van der Waals surface area contributed by atoms with Crippen LogP contribution < -0.4 is 5.32 Å². The highest BCUT2D eigenvalue weighted by molar-refractivity contribution is 6.30. The molecule has 0 bridgehead atoms. The number of nitrogens with zero attached hydrogens (tertiary/aromatic N) is 3. The standard InChI is InChI=1S/C23H26ClN5O3/c1-28-7-9-29(10-8-28)23(32)21(30)17(11-15-5-3-2-4-6-15)27-22(31)18-12-16-13-20(24)25-14-19(16)26-18/h2-6,12-14,17,21,26,30H,7-11H2,1H3,(H,27,31)/t17?,21-/m0/s1. The first-order valence-electron chi connectivity index (χ1n) is 10.5. The molecule has 1 saturated heterocycles. The first-order chi connectivity index (χ1) is 15.4. The van der Waals surface area contributed by atoms with E-state index in [1.165, 1.54) is 0 Å². The number of hydrogen-bond donors (Lipinski definition) is 3. The summed E-state index contributed by atoms with van der Waals surface area (Å²) in [7, 11) is 2.00. The van der Waals surface area contributed by atoms with Crippen molar-refractivity contribution < 1.29 is 14.7 Å². The summed E-state index contributed by atoms with van der Waals surface area (Å²) >= 11 is 5.94. The van der Waals surface area contributed by atoms with E-state index >= 15 is 0 Å². The Bertz CT molecular complexity index is 1100. The van der Waals surface area contributed by atoms with Gasteiger partial charge in [-0.2, -0.15) is 0 Å². The Kier molecular flexibility index (Phi) is 6.74. The summed E-state index contributed by atoms with van der Waals surface area (Å²) in [6.07, 6.45) is 0.519. The molecule has 1 aromatic carbocycles. The normalized spacial score (nSPS) is 16.7. The molecule has 0 spiro atoms. The number of benzene rings is 1. The van der Waals surface area contributed by atoms with Crippen LogP contribution >= 0.6 is 11.6 Å². The third-order valence-electron chi connectivity index (χ3n) is 5.78. The molecule has 1 aliphatic heterocycles. The molecular formula is C23H26ClN5O3. The number of aliphatic hydroxyl groups excluding tert-OH is 1. The minimum Gasteiger partial charge on any atom is -0.381 e. The lowest BCUT2D eigenvalue weighted by Gasteiger charge is -2.35. The summed E-state index contributed by atoms with van der Waals surface area (Å²) in [5, 5.41) is 14.9. The van der Waals surface area contributed by atoms with Crippen molar-refractivity contribution in [1.82, 2.24) is 25.1 Å². The topological polar surface area (TPSA) is 102 Å². The lowest BCUT2D eigenvalue weighted by Crippen LogP contribution is -2.56. The van der Waals surface area contributed by atoms with Crippen LogP contribution in [0.2, 0.25) is 5.15 Å². The van der Waals surface area contributed by atoms with Crippen LogP contribution in [0.4, 0.5) is 0 Å². The summed E-state index contributed by atoms with van der Waals surface area (Å²) in [5.41, 5.74) is 1.89. The number of fused-ring (bicyclic) bond motifs is 1. The van der Waals surface area contributed by atoms with Crippen molar-refractivity contribution in [2.75, 3.05) is 33.2 Å². The number of amides is 2. The first-order valence-corrected chi connectivity index (χ1v) is 10.9. The molecule has 1 fully saturated rings. The van der Waals surface area contributed by atoms with Gasteiger partial charge in [0.1, 0.15) is 10.8 Å². The number of nitrogens with one attached hydrogen (secondary N) is 2. The predicted octanol–water partition coefficient (Wildman–Crippen LogP) is 1.69. The highest BCUT2D eigenvalue weighted by atomic mass is 35.5. The molecule has 2 amide bonds. The van der Waals surface area contributed by atoms with E-state index in [0.717, 1.165) is 24.0 Å². The number of pyridine rings is 1. The lowest BCUT2D eigenvalue weighted by molar-refractivity contribution is -0.143. The van der Waals surface area contributed by atoms with Crippen LogP contribution in [0, 0.1) is 0 Å². The van der Waals surface area contributed by atoms with Crippen LogP contribution in [0.1, 0.15) is 16.1 Å². The van der Waals surface area contributed by atoms with Crippen LogP contribution in [-0.2, 0) is 11.2 Å². The molecule has 2 atom stereocenters. The smallest absolute Gasteiger partial charge is 0.268 e. The molecule has 0 aliphatic carbocycles. The molecule has 1 unspecified atom stereocenters. The predicted molar refractivity (Wildman–Crippen MR) is 123 cm³/mol. The molecule has 1 aliphatic rings. The molecule has 0 saturated carbocycles. The van der Waals surface area contributed by atoms with Gasteiger partial charge < -0.3 is 25.2 Å². The van der Waals surface area contributed by atoms with E-state index in [0.29, 0.717) is 35.9 Å². The van der Waals surface area contributed by atoms with Crippen molar-refractivity contribution in [2.24, 2.45) is 0 Å². The van der Waals surface area contributed by atoms with E-state index in [1.807, 2.05) is 37.4 Å². The second-order valence-electron chi connectivity index (χ2n) is 8.12. The summed E-state index contributed by atoms with van der Waals surface area (Å²) in [5.74, 6) is -0.782. The zero-order valence-corrected chi connectivity index (χ0v) is 18.5. The van der Waals surface area contributed by atoms with E-state index in [4.69, 9.17) is 11.6 Å². The maximum absolute atomic E-state index is 13.0. The van der Waals surface area contributed by atoms with E-state index < -0.39 is 18.1 Å². The molecule has 4 rings (SSSR count). The fourth-order valence-corrected chi connectivity index (χ4v) is 4.04. The lowest BCUT2D eigenvalue weighted by atomic mass is 9.99. The second-order valence-corrected chi connectivity index (χ2v) is 8.51. The Morgan fingerprint density at radius 2 is 1.91 bits per heavy atom. The SMILES string of the molecule is CN1CCN(C(=O)[C@@H](O)C(Cc2ccccc2)NC(=O)c2cc3cc(Cl)ncc3[nH]2)CC1. The minimum absolute atomic E-state index is 0.307. The van der Waals surface area contributed by atoms with Gasteiger partial charge in [0.2, 0.25) is 0 Å². The number of aromatic nitrogens is 2. The number of rotatable bonds is 6. The number of aliphatic hydroxyl groups is 1. The summed E-state index contributed by atoms with van der Waals surface area (Å²) in [6, 6.07) is 12.0. The summed E-state index contributed by atoms with van der Waals surface area (Å²) < 4.78 is 0. The largest absolute Gasteiger partial charge is 0.381 e. The van der Waals surface area contributed by atoms with Gasteiger partial charge in [0, 0.05) is 31.6 Å². The Labute approximate surface area is 191 Å². The van der Waals surface area contributed by atoms with Crippen LogP contribution in [0.5, 0.6) is 0 Å². The number of carbonyl (C=O) groups is 2. The van der Waals surface area contributed by atoms with Gasteiger partial charge >= 0.3 is 0 Å². The van der Waals surface area contributed by atoms with Gasteiger partial charge in [-0.05, 0) is 31.2 Å². The quantitative estimate of drug-likeness (QED) is 0.491. The summed E-state index contributed by atoms with van der Waals surface area (Å²) in [4.78, 5) is 36.8. The van der Waals surface area contributed by atoms with Crippen LogP contribution in [0.25, 0.3) is 10.9 Å². The van der Waals surface area contributed by atoms with E-state index in [9.17, 15) is 14.7 Å². The van der Waals surface area contributed by atoms with Gasteiger partial charge in [0.25, 0.3) is 11.8 Å². The number of hydrogen-bond acceptors (Lipinski definition) is 5. The first kappa shape index (κ1) is 22.3. The molecular weight excluding hydrogens is 430 g/mol. The zero-order chi connectivity index (χ0) is 22.7. The van der Waals surface area contributed by atoms with E-state index in [-0.39, 0.29) is 5.91 Å². The van der Waals surface area contributed by atoms with E-state index in [2.05, 4.69) is 20.2 Å². The van der Waals surface area contributed by atoms with Crippen LogP contribution in [-0.4, -0.2) is 82.1 Å². The molecule has 9 heteroatoms. The molecule has 3 N–H and O–H groups in total. The van der Waals surface area contributed by atoms with Crippen molar-refractivity contribution in [3.63, 3.8) is 0 Å². The minimum atomic E-state index is -1.36. The second kappa shape index (κ2) is 9.68. The van der Waals surface area contributed by atoms with Gasteiger partial charge in [-0.25, -0.2) is 4.98 Å². The molecule has 3 aromatic rings. The maximum atomic E-state index is 13.0. The van der Waals surface area contributed by atoms with Crippen LogP contribution in [0.3, 0.4) is 0 Å². The Morgan fingerprint density at radius 3 is 2.62 bits per heavy atom. The van der Waals surface area contributed by atoms with Crippen molar-refractivity contribution >= 4 is 34.3 Å². The van der Waals surface area contributed by atoms with Crippen molar-refractivity contribution in [3.05, 3.63) is 65.1 Å². The number of aromatic amines is 1. The molecule has 2 aromatic heterocycles. The fourth-order valence-electron chi connectivity index (χ4n) is 3.87. The van der Waals surface area contributed by atoms with Crippen LogP contribution in [0.15, 0.2) is 48.7 Å². The number of halogens is 1. The van der Waals surface area contributed by atoms with Crippen molar-refractivity contribution in [3.8, 4) is 0 Å². The Hall–Kier alpha value is -2.94. The maximum Gasteiger partial charge on any atom is 0.268 e. The number of piperazine rings is 1.